The monoisotopic (exact) mass is 207 g/mol. The van der Waals surface area contributed by atoms with Crippen molar-refractivity contribution >= 4 is 5.84 Å². The Hall–Kier alpha value is -1.59. The van der Waals surface area contributed by atoms with E-state index in [0.29, 0.717) is 6.54 Å². The summed E-state index contributed by atoms with van der Waals surface area (Å²) in [5.41, 5.74) is 6.71. The van der Waals surface area contributed by atoms with Crippen molar-refractivity contribution in [2.75, 3.05) is 26.2 Å². The lowest BCUT2D eigenvalue weighted by Crippen LogP contribution is -2.38. The molecule has 0 radical (unpaired) electrons. The van der Waals surface area contributed by atoms with Gasteiger partial charge in [0.05, 0.1) is 26.1 Å². The van der Waals surface area contributed by atoms with E-state index in [1.165, 1.54) is 12.3 Å². The quantitative estimate of drug-likeness (QED) is 0.587. The second-order valence-corrected chi connectivity index (χ2v) is 3.86. The summed E-state index contributed by atoms with van der Waals surface area (Å²) in [4.78, 5) is 0. The molecule has 6 heteroatoms. The highest BCUT2D eigenvalue weighted by molar-refractivity contribution is 5.78. The van der Waals surface area contributed by atoms with Gasteiger partial charge >= 0.3 is 0 Å². The van der Waals surface area contributed by atoms with Gasteiger partial charge in [0.2, 0.25) is 0 Å². The van der Waals surface area contributed by atoms with Gasteiger partial charge in [-0.05, 0) is 6.08 Å². The third kappa shape index (κ3) is 1.55. The van der Waals surface area contributed by atoms with Crippen molar-refractivity contribution in [1.82, 2.24) is 15.9 Å². The van der Waals surface area contributed by atoms with Crippen molar-refractivity contribution in [3.8, 4) is 0 Å². The second-order valence-electron chi connectivity index (χ2n) is 3.86. The maximum Gasteiger partial charge on any atom is 0.293 e. The van der Waals surface area contributed by atoms with Crippen LogP contribution in [0.15, 0.2) is 22.1 Å². The zero-order valence-corrected chi connectivity index (χ0v) is 8.61. The van der Waals surface area contributed by atoms with Crippen LogP contribution in [0, 0.1) is 0 Å². The van der Waals surface area contributed by atoms with Crippen LogP contribution in [0.3, 0.4) is 0 Å². The number of azo groups is 1. The van der Waals surface area contributed by atoms with Crippen LogP contribution in [-0.4, -0.2) is 41.7 Å². The molecule has 0 aliphatic carbocycles. The standard InChI is InChI=1S/C9H14N6/c1-4-11-14(6-1)9-3-7-15(13-9)8-2-5-10-12-8/h2,11H,1,3-7H2/p+1. The molecule has 0 aromatic rings. The smallest absolute Gasteiger partial charge is 0.261 e. The zero-order chi connectivity index (χ0) is 10.1. The van der Waals surface area contributed by atoms with Crippen molar-refractivity contribution in [3.63, 3.8) is 0 Å². The normalized spacial score (nSPS) is 29.3. The highest BCUT2D eigenvalue weighted by atomic mass is 15.6. The molecule has 3 heterocycles. The van der Waals surface area contributed by atoms with Crippen LogP contribution >= 0.6 is 0 Å². The predicted molar refractivity (Wildman–Crippen MR) is 55.0 cm³/mol. The molecular weight excluding hydrogens is 192 g/mol. The van der Waals surface area contributed by atoms with Crippen molar-refractivity contribution in [1.29, 1.82) is 0 Å². The van der Waals surface area contributed by atoms with Crippen LogP contribution in [0.2, 0.25) is 0 Å². The number of nitrogens with one attached hydrogen (secondary N) is 2. The van der Waals surface area contributed by atoms with E-state index in [1.807, 2.05) is 6.08 Å². The van der Waals surface area contributed by atoms with Gasteiger partial charge in [-0.25, -0.2) is 0 Å². The predicted octanol–water partition coefficient (Wildman–Crippen LogP) is -0.177. The molecule has 0 atom stereocenters. The summed E-state index contributed by atoms with van der Waals surface area (Å²) in [5.74, 6) is 2.19. The fourth-order valence-electron chi connectivity index (χ4n) is 2.05. The second kappa shape index (κ2) is 3.52. The van der Waals surface area contributed by atoms with E-state index in [2.05, 4.69) is 30.8 Å². The molecule has 15 heavy (non-hydrogen) atoms. The average Bonchev–Trinajstić information content (AvgIpc) is 3.02. The first-order valence-electron chi connectivity index (χ1n) is 5.42. The number of hydrazone groups is 1. The Labute approximate surface area is 88.3 Å². The van der Waals surface area contributed by atoms with E-state index in [4.69, 9.17) is 0 Å². The lowest BCUT2D eigenvalue weighted by Gasteiger charge is -2.10. The van der Waals surface area contributed by atoms with Gasteiger partial charge < -0.3 is 0 Å². The van der Waals surface area contributed by atoms with Crippen molar-refractivity contribution in [3.05, 3.63) is 11.9 Å². The van der Waals surface area contributed by atoms with Crippen LogP contribution in [0.4, 0.5) is 0 Å². The SMILES string of the molecule is C1=C(N2CCC(=[N+]3CCCN3)N2)N=NC1. The molecule has 3 aliphatic heterocycles. The van der Waals surface area contributed by atoms with Crippen molar-refractivity contribution in [2.24, 2.45) is 10.2 Å². The molecular formula is C9H15N6+. The molecule has 80 valence electrons. The molecule has 0 saturated carbocycles. The summed E-state index contributed by atoms with van der Waals surface area (Å²) >= 11 is 0. The Bertz CT molecular complexity index is 348. The van der Waals surface area contributed by atoms with Crippen molar-refractivity contribution in [2.45, 2.75) is 12.8 Å². The molecule has 0 unspecified atom stereocenters. The topological polar surface area (TPSA) is 55.0 Å². The number of nitrogens with zero attached hydrogens (tertiary/aromatic N) is 4. The maximum absolute atomic E-state index is 4.08. The molecule has 2 fully saturated rings. The molecule has 0 amide bonds. The number of hydrogen-bond donors (Lipinski definition) is 2. The molecule has 0 aromatic carbocycles. The highest BCUT2D eigenvalue weighted by Crippen LogP contribution is 2.14. The maximum atomic E-state index is 4.08. The third-order valence-corrected chi connectivity index (χ3v) is 2.83. The van der Waals surface area contributed by atoms with E-state index in [0.717, 1.165) is 31.9 Å². The van der Waals surface area contributed by atoms with E-state index in [9.17, 15) is 0 Å². The number of hydrazine groups is 2. The van der Waals surface area contributed by atoms with Crippen LogP contribution < -0.4 is 10.9 Å². The molecule has 0 aromatic heterocycles. The molecule has 3 rings (SSSR count). The van der Waals surface area contributed by atoms with Gasteiger partial charge in [-0.3, -0.25) is 5.43 Å². The molecule has 2 N–H and O–H groups in total. The van der Waals surface area contributed by atoms with Crippen LogP contribution in [0.25, 0.3) is 0 Å². The number of rotatable bonds is 1. The zero-order valence-electron chi connectivity index (χ0n) is 8.61. The van der Waals surface area contributed by atoms with E-state index < -0.39 is 0 Å². The third-order valence-electron chi connectivity index (χ3n) is 2.83. The largest absolute Gasteiger partial charge is 0.293 e. The summed E-state index contributed by atoms with van der Waals surface area (Å²) in [7, 11) is 0. The Morgan fingerprint density at radius 3 is 3.20 bits per heavy atom. The lowest BCUT2D eigenvalue weighted by atomic mass is 10.4. The fraction of sp³-hybridized carbons (Fsp3) is 0.667. The van der Waals surface area contributed by atoms with Gasteiger partial charge in [-0.15, -0.1) is 5.11 Å². The first-order chi connectivity index (χ1) is 7.43. The van der Waals surface area contributed by atoms with Gasteiger partial charge in [-0.1, -0.05) is 0 Å². The Morgan fingerprint density at radius 2 is 2.47 bits per heavy atom. The Kier molecular flexibility index (Phi) is 2.04. The Balaban J connectivity index is 1.72. The van der Waals surface area contributed by atoms with E-state index >= 15 is 0 Å². The minimum atomic E-state index is 0.713. The number of amidine groups is 1. The minimum absolute atomic E-state index is 0.713. The van der Waals surface area contributed by atoms with Crippen molar-refractivity contribution < 1.29 is 4.68 Å². The highest BCUT2D eigenvalue weighted by Gasteiger charge is 2.30. The molecule has 3 aliphatic rings. The average molecular weight is 207 g/mol. The minimum Gasteiger partial charge on any atom is -0.261 e. The molecule has 6 nitrogen and oxygen atoms in total. The van der Waals surface area contributed by atoms with Gasteiger partial charge in [0.15, 0.2) is 5.82 Å². The van der Waals surface area contributed by atoms with Gasteiger partial charge in [0.1, 0.15) is 6.54 Å². The number of hydrogen-bond acceptors (Lipinski definition) is 4. The fourth-order valence-corrected chi connectivity index (χ4v) is 2.05. The first kappa shape index (κ1) is 8.70. The summed E-state index contributed by atoms with van der Waals surface area (Å²) in [5, 5.41) is 10.1. The Morgan fingerprint density at radius 1 is 1.47 bits per heavy atom. The summed E-state index contributed by atoms with van der Waals surface area (Å²) < 4.78 is 2.20. The summed E-state index contributed by atoms with van der Waals surface area (Å²) in [6, 6.07) is 0. The van der Waals surface area contributed by atoms with Crippen LogP contribution in [-0.2, 0) is 0 Å². The summed E-state index contributed by atoms with van der Waals surface area (Å²) in [6.45, 7) is 3.85. The van der Waals surface area contributed by atoms with Gasteiger partial charge in [0.25, 0.3) is 5.84 Å². The molecule has 0 spiro atoms. The van der Waals surface area contributed by atoms with Crippen LogP contribution in [0.5, 0.6) is 0 Å². The lowest BCUT2D eigenvalue weighted by molar-refractivity contribution is -0.567. The van der Waals surface area contributed by atoms with E-state index in [1.54, 1.807) is 0 Å². The molecule has 2 saturated heterocycles. The van der Waals surface area contributed by atoms with Crippen LogP contribution in [0.1, 0.15) is 12.8 Å². The van der Waals surface area contributed by atoms with Gasteiger partial charge in [0, 0.05) is 6.42 Å². The molecule has 0 bridgehead atoms. The first-order valence-corrected chi connectivity index (χ1v) is 5.42. The summed E-state index contributed by atoms with van der Waals surface area (Å²) in [6.07, 6.45) is 4.29. The van der Waals surface area contributed by atoms with E-state index in [-0.39, 0.29) is 0 Å². The van der Waals surface area contributed by atoms with Gasteiger partial charge in [-0.2, -0.15) is 20.2 Å².